The Balaban J connectivity index is 1.48. The van der Waals surface area contributed by atoms with Gasteiger partial charge in [0.15, 0.2) is 0 Å². The minimum Gasteiger partial charge on any atom is -0.347 e. The molecule has 3 saturated carbocycles. The van der Waals surface area contributed by atoms with E-state index in [0.717, 1.165) is 57.8 Å². The van der Waals surface area contributed by atoms with Crippen LogP contribution in [0, 0.1) is 23.2 Å². The molecule has 0 aromatic rings. The summed E-state index contributed by atoms with van der Waals surface area (Å²) >= 11 is 0. The molecule has 9 nitrogen and oxygen atoms in total. The van der Waals surface area contributed by atoms with E-state index in [1.165, 1.54) is 6.42 Å². The van der Waals surface area contributed by atoms with E-state index in [2.05, 4.69) is 16.0 Å². The highest BCUT2D eigenvalue weighted by molar-refractivity contribution is 6.38. The zero-order valence-electron chi connectivity index (χ0n) is 24.9. The van der Waals surface area contributed by atoms with Crippen molar-refractivity contribution in [2.75, 3.05) is 6.54 Å². The smallest absolute Gasteiger partial charge is 0.289 e. The van der Waals surface area contributed by atoms with Gasteiger partial charge in [-0.05, 0) is 68.1 Å². The van der Waals surface area contributed by atoms with E-state index >= 15 is 0 Å². The van der Waals surface area contributed by atoms with E-state index in [9.17, 15) is 24.0 Å². The van der Waals surface area contributed by atoms with Crippen molar-refractivity contribution >= 4 is 29.4 Å². The number of carbonyl (C=O) groups excluding carboxylic acids is 5. The molecule has 1 saturated heterocycles. The van der Waals surface area contributed by atoms with Crippen LogP contribution in [0.25, 0.3) is 0 Å². The first-order valence-electron chi connectivity index (χ1n) is 15.7. The fourth-order valence-electron chi connectivity index (χ4n) is 7.01. The lowest BCUT2D eigenvalue weighted by Crippen LogP contribution is -2.60. The highest BCUT2D eigenvalue weighted by Gasteiger charge is 2.52. The van der Waals surface area contributed by atoms with Gasteiger partial charge in [0.2, 0.25) is 23.5 Å². The molecule has 4 amide bonds. The van der Waals surface area contributed by atoms with E-state index in [1.54, 1.807) is 4.90 Å². The quantitative estimate of drug-likeness (QED) is 0.336. The Labute approximate surface area is 239 Å². The molecule has 3 N–H and O–H groups in total. The SMILES string of the molecule is CCC[C@H](NC(=O)[C@@H]1[C@H]2CCC[C@H]2CN1C(=O)[C@@H](NC(=O)CC1CCCCC1)C(C)(C)C)C(=O)C(=O)NC1CC1. The van der Waals surface area contributed by atoms with E-state index in [4.69, 9.17) is 0 Å². The summed E-state index contributed by atoms with van der Waals surface area (Å²) in [6, 6.07) is -2.32. The maximum absolute atomic E-state index is 14.1. The van der Waals surface area contributed by atoms with Crippen molar-refractivity contribution in [1.82, 2.24) is 20.9 Å². The van der Waals surface area contributed by atoms with Crippen molar-refractivity contribution in [1.29, 1.82) is 0 Å². The number of Topliss-reactive ketones (excluding diaryl/α,β-unsaturated/α-hetero) is 1. The standard InChI is InChI=1S/C31H50N4O5/c1-5-10-23(26(37)29(39)32-21-15-16-21)33-28(38)25-22-14-9-13-20(22)18-35(25)30(40)27(31(2,3)4)34-24(36)17-19-11-7-6-8-12-19/h19-23,25,27H,5-18H2,1-4H3,(H,32,39)(H,33,38)(H,34,36)/t20-,22-,23-,25-,27+/m0/s1. The van der Waals surface area contributed by atoms with Crippen molar-refractivity contribution in [3.8, 4) is 0 Å². The van der Waals surface area contributed by atoms with Crippen molar-refractivity contribution < 1.29 is 24.0 Å². The second-order valence-corrected chi connectivity index (χ2v) is 13.8. The van der Waals surface area contributed by atoms with Gasteiger partial charge < -0.3 is 20.9 Å². The first-order valence-corrected chi connectivity index (χ1v) is 15.7. The number of rotatable bonds is 11. The fourth-order valence-corrected chi connectivity index (χ4v) is 7.01. The third kappa shape index (κ3) is 7.43. The van der Waals surface area contributed by atoms with Gasteiger partial charge in [-0.1, -0.05) is 59.8 Å². The largest absolute Gasteiger partial charge is 0.347 e. The van der Waals surface area contributed by atoms with Crippen molar-refractivity contribution in [2.24, 2.45) is 23.2 Å². The molecule has 4 aliphatic rings. The third-order valence-electron chi connectivity index (χ3n) is 9.41. The average molecular weight is 559 g/mol. The molecule has 3 aliphatic carbocycles. The number of ketones is 1. The molecule has 0 spiro atoms. The first kappa shape index (κ1) is 30.5. The lowest BCUT2D eigenvalue weighted by molar-refractivity contribution is -0.146. The molecule has 0 unspecified atom stereocenters. The Morgan fingerprint density at radius 2 is 1.57 bits per heavy atom. The van der Waals surface area contributed by atoms with Gasteiger partial charge in [-0.25, -0.2) is 0 Å². The lowest BCUT2D eigenvalue weighted by atomic mass is 9.84. The van der Waals surface area contributed by atoms with E-state index in [0.29, 0.717) is 31.7 Å². The Morgan fingerprint density at radius 1 is 0.875 bits per heavy atom. The highest BCUT2D eigenvalue weighted by atomic mass is 16.2. The summed E-state index contributed by atoms with van der Waals surface area (Å²) in [5, 5.41) is 8.66. The van der Waals surface area contributed by atoms with E-state index < -0.39 is 35.2 Å². The van der Waals surface area contributed by atoms with E-state index in [1.807, 2.05) is 27.7 Å². The Hall–Kier alpha value is -2.45. The molecule has 0 radical (unpaired) electrons. The molecule has 5 atom stereocenters. The Bertz CT molecular complexity index is 965. The predicted molar refractivity (Wildman–Crippen MR) is 152 cm³/mol. The fraction of sp³-hybridized carbons (Fsp3) is 0.839. The van der Waals surface area contributed by atoms with Crippen LogP contribution in [0.4, 0.5) is 0 Å². The number of nitrogens with zero attached hydrogens (tertiary/aromatic N) is 1. The second-order valence-electron chi connectivity index (χ2n) is 13.8. The number of carbonyl (C=O) groups is 5. The van der Waals surface area contributed by atoms with Crippen LogP contribution in [0.3, 0.4) is 0 Å². The maximum Gasteiger partial charge on any atom is 0.289 e. The molecule has 40 heavy (non-hydrogen) atoms. The summed E-state index contributed by atoms with van der Waals surface area (Å²) in [7, 11) is 0. The van der Waals surface area contributed by atoms with Gasteiger partial charge in [-0.2, -0.15) is 0 Å². The Morgan fingerprint density at radius 3 is 2.20 bits per heavy atom. The molecule has 1 heterocycles. The van der Waals surface area contributed by atoms with Gasteiger partial charge in [-0.15, -0.1) is 0 Å². The first-order chi connectivity index (χ1) is 19.0. The molecular weight excluding hydrogens is 508 g/mol. The topological polar surface area (TPSA) is 125 Å². The number of hydrogen-bond donors (Lipinski definition) is 3. The zero-order chi connectivity index (χ0) is 29.0. The maximum atomic E-state index is 14.1. The summed E-state index contributed by atoms with van der Waals surface area (Å²) in [5.41, 5.74) is -0.542. The van der Waals surface area contributed by atoms with Gasteiger partial charge >= 0.3 is 0 Å². The number of nitrogens with one attached hydrogen (secondary N) is 3. The van der Waals surface area contributed by atoms with Gasteiger partial charge in [0, 0.05) is 19.0 Å². The predicted octanol–water partition coefficient (Wildman–Crippen LogP) is 3.25. The van der Waals surface area contributed by atoms with Crippen LogP contribution in [0.2, 0.25) is 0 Å². The summed E-state index contributed by atoms with van der Waals surface area (Å²) in [6.45, 7) is 8.21. The van der Waals surface area contributed by atoms with Crippen LogP contribution >= 0.6 is 0 Å². The van der Waals surface area contributed by atoms with E-state index in [-0.39, 0.29) is 35.6 Å². The average Bonchev–Trinajstić information content (AvgIpc) is 3.46. The van der Waals surface area contributed by atoms with Crippen molar-refractivity contribution in [3.05, 3.63) is 0 Å². The van der Waals surface area contributed by atoms with Crippen LogP contribution in [0.5, 0.6) is 0 Å². The van der Waals surface area contributed by atoms with Gasteiger partial charge in [0.1, 0.15) is 12.1 Å². The monoisotopic (exact) mass is 558 g/mol. The molecule has 0 aromatic carbocycles. The number of hydrogen-bond acceptors (Lipinski definition) is 5. The van der Waals surface area contributed by atoms with Crippen molar-refractivity contribution in [3.63, 3.8) is 0 Å². The molecule has 4 fully saturated rings. The van der Waals surface area contributed by atoms with Crippen LogP contribution in [0.15, 0.2) is 0 Å². The van der Waals surface area contributed by atoms with Crippen LogP contribution in [-0.4, -0.2) is 65.0 Å². The number of likely N-dealkylation sites (tertiary alicyclic amines) is 1. The molecule has 0 aromatic heterocycles. The van der Waals surface area contributed by atoms with Gasteiger partial charge in [0.25, 0.3) is 5.91 Å². The third-order valence-corrected chi connectivity index (χ3v) is 9.41. The Kier molecular flexibility index (Phi) is 9.93. The van der Waals surface area contributed by atoms with Gasteiger partial charge in [0.05, 0.1) is 6.04 Å². The number of fused-ring (bicyclic) bond motifs is 1. The van der Waals surface area contributed by atoms with Crippen LogP contribution in [0.1, 0.15) is 111 Å². The summed E-state index contributed by atoms with van der Waals surface area (Å²) in [4.78, 5) is 68.2. The van der Waals surface area contributed by atoms with Crippen LogP contribution < -0.4 is 16.0 Å². The molecule has 224 valence electrons. The second kappa shape index (κ2) is 13.0. The molecular formula is C31H50N4O5. The summed E-state index contributed by atoms with van der Waals surface area (Å²) in [6.07, 6.45) is 11.6. The van der Waals surface area contributed by atoms with Crippen molar-refractivity contribution in [2.45, 2.75) is 135 Å². The van der Waals surface area contributed by atoms with Gasteiger partial charge in [-0.3, -0.25) is 24.0 Å². The minimum absolute atomic E-state index is 0.0141. The molecule has 0 bridgehead atoms. The lowest BCUT2D eigenvalue weighted by Gasteiger charge is -2.37. The molecule has 4 rings (SSSR count). The normalized spacial score (nSPS) is 26.5. The zero-order valence-corrected chi connectivity index (χ0v) is 24.9. The molecule has 9 heteroatoms. The van der Waals surface area contributed by atoms with Crippen LogP contribution in [-0.2, 0) is 24.0 Å². The summed E-state index contributed by atoms with van der Waals surface area (Å²) in [5.74, 6) is -1.37. The number of amides is 4. The minimum atomic E-state index is -0.915. The highest BCUT2D eigenvalue weighted by Crippen LogP contribution is 2.43. The molecule has 1 aliphatic heterocycles. The summed E-state index contributed by atoms with van der Waals surface area (Å²) < 4.78 is 0.